The van der Waals surface area contributed by atoms with E-state index >= 15 is 0 Å². The highest BCUT2D eigenvalue weighted by atomic mass is 16.2. The zero-order valence-electron chi connectivity index (χ0n) is 19.0. The molecule has 170 valence electrons. The quantitative estimate of drug-likeness (QED) is 0.552. The van der Waals surface area contributed by atoms with Crippen LogP contribution < -0.4 is 21.3 Å². The molecule has 4 rings (SSSR count). The fraction of sp³-hybridized carbons (Fsp3) is 0.680. The van der Waals surface area contributed by atoms with Crippen molar-refractivity contribution in [3.63, 3.8) is 0 Å². The SMILES string of the molecule is CC1(C)CCC(c2ccc(NC3CCC(CNC(=O)C4CNC(=O)N4)CC3)cc2)CC1. The zero-order valence-corrected chi connectivity index (χ0v) is 19.0. The number of hydrogen-bond acceptors (Lipinski definition) is 3. The molecule has 1 aromatic carbocycles. The van der Waals surface area contributed by atoms with Gasteiger partial charge in [-0.1, -0.05) is 26.0 Å². The van der Waals surface area contributed by atoms with Gasteiger partial charge in [0.2, 0.25) is 5.91 Å². The standard InChI is InChI=1S/C25H38N4O2/c1-25(2)13-11-19(12-14-25)18-5-9-21(10-6-18)28-20-7-3-17(4-8-20)15-26-23(30)22-16-27-24(31)29-22/h5-6,9-10,17,19-20,22,28H,3-4,7-8,11-16H2,1-2H3,(H,26,30)(H2,27,29,31). The summed E-state index contributed by atoms with van der Waals surface area (Å²) in [5, 5.41) is 12.0. The molecule has 1 aliphatic heterocycles. The lowest BCUT2D eigenvalue weighted by molar-refractivity contribution is -0.122. The van der Waals surface area contributed by atoms with Crippen LogP contribution in [-0.2, 0) is 4.79 Å². The number of carbonyl (C=O) groups excluding carboxylic acids is 2. The molecule has 0 aromatic heterocycles. The van der Waals surface area contributed by atoms with Crippen LogP contribution in [0.15, 0.2) is 24.3 Å². The van der Waals surface area contributed by atoms with Crippen LogP contribution >= 0.6 is 0 Å². The third-order valence-electron chi connectivity index (χ3n) is 7.59. The number of nitrogens with one attached hydrogen (secondary N) is 4. The van der Waals surface area contributed by atoms with E-state index < -0.39 is 6.04 Å². The van der Waals surface area contributed by atoms with Gasteiger partial charge in [-0.25, -0.2) is 4.79 Å². The van der Waals surface area contributed by atoms with Crippen LogP contribution in [0.5, 0.6) is 0 Å². The Hall–Kier alpha value is -2.24. The minimum absolute atomic E-state index is 0.0831. The van der Waals surface area contributed by atoms with Crippen LogP contribution in [0, 0.1) is 11.3 Å². The summed E-state index contributed by atoms with van der Waals surface area (Å²) >= 11 is 0. The summed E-state index contributed by atoms with van der Waals surface area (Å²) in [6.45, 7) is 5.86. The Morgan fingerprint density at radius 3 is 2.32 bits per heavy atom. The first-order valence-corrected chi connectivity index (χ1v) is 12.1. The van der Waals surface area contributed by atoms with E-state index in [9.17, 15) is 9.59 Å². The first-order valence-electron chi connectivity index (χ1n) is 12.1. The molecule has 3 fully saturated rings. The van der Waals surface area contributed by atoms with Crippen molar-refractivity contribution >= 4 is 17.6 Å². The van der Waals surface area contributed by atoms with Gasteiger partial charge in [0.15, 0.2) is 0 Å². The molecule has 2 aliphatic carbocycles. The summed E-state index contributed by atoms with van der Waals surface area (Å²) in [7, 11) is 0. The molecular weight excluding hydrogens is 388 g/mol. The molecule has 31 heavy (non-hydrogen) atoms. The van der Waals surface area contributed by atoms with Crippen LogP contribution in [0.2, 0.25) is 0 Å². The Labute approximate surface area is 186 Å². The summed E-state index contributed by atoms with van der Waals surface area (Å²) in [6.07, 6.45) is 9.75. The normalized spacial score (nSPS) is 28.5. The molecule has 0 bridgehead atoms. The highest BCUT2D eigenvalue weighted by Gasteiger charge is 2.29. The van der Waals surface area contributed by atoms with E-state index in [0.717, 1.165) is 31.6 Å². The number of anilines is 1. The lowest BCUT2D eigenvalue weighted by Gasteiger charge is -2.34. The van der Waals surface area contributed by atoms with Crippen LogP contribution in [0.25, 0.3) is 0 Å². The van der Waals surface area contributed by atoms with Crippen molar-refractivity contribution in [2.75, 3.05) is 18.4 Å². The van der Waals surface area contributed by atoms with Crippen LogP contribution in [0.4, 0.5) is 10.5 Å². The average Bonchev–Trinajstić information content (AvgIpc) is 3.20. The predicted molar refractivity (Wildman–Crippen MR) is 124 cm³/mol. The Balaban J connectivity index is 1.17. The fourth-order valence-corrected chi connectivity index (χ4v) is 5.31. The van der Waals surface area contributed by atoms with Crippen molar-refractivity contribution in [2.24, 2.45) is 11.3 Å². The third kappa shape index (κ3) is 5.92. The van der Waals surface area contributed by atoms with Crippen LogP contribution in [-0.4, -0.2) is 37.1 Å². The summed E-state index contributed by atoms with van der Waals surface area (Å²) in [5.74, 6) is 1.16. The number of amides is 3. The summed E-state index contributed by atoms with van der Waals surface area (Å²) in [6, 6.07) is 8.96. The molecule has 0 spiro atoms. The minimum atomic E-state index is -0.437. The molecule has 4 N–H and O–H groups in total. The molecule has 1 atom stereocenters. The smallest absolute Gasteiger partial charge is 0.315 e. The molecular formula is C25H38N4O2. The summed E-state index contributed by atoms with van der Waals surface area (Å²) < 4.78 is 0. The molecule has 6 nitrogen and oxygen atoms in total. The molecule has 1 saturated heterocycles. The van der Waals surface area contributed by atoms with Gasteiger partial charge in [0.25, 0.3) is 0 Å². The van der Waals surface area contributed by atoms with E-state index in [0.29, 0.717) is 30.5 Å². The largest absolute Gasteiger partial charge is 0.382 e. The van der Waals surface area contributed by atoms with Gasteiger partial charge < -0.3 is 21.3 Å². The summed E-state index contributed by atoms with van der Waals surface area (Å²) in [4.78, 5) is 23.3. The maximum atomic E-state index is 12.1. The minimum Gasteiger partial charge on any atom is -0.382 e. The second-order valence-corrected chi connectivity index (χ2v) is 10.6. The van der Waals surface area contributed by atoms with Crippen LogP contribution in [0.3, 0.4) is 0 Å². The summed E-state index contributed by atoms with van der Waals surface area (Å²) in [5.41, 5.74) is 3.23. The molecule has 0 radical (unpaired) electrons. The van der Waals surface area contributed by atoms with Gasteiger partial charge in [-0.2, -0.15) is 0 Å². The van der Waals surface area contributed by atoms with Crippen molar-refractivity contribution in [3.8, 4) is 0 Å². The van der Waals surface area contributed by atoms with Crippen molar-refractivity contribution in [1.29, 1.82) is 0 Å². The van der Waals surface area contributed by atoms with Crippen molar-refractivity contribution in [1.82, 2.24) is 16.0 Å². The Morgan fingerprint density at radius 1 is 1.03 bits per heavy atom. The number of urea groups is 1. The lowest BCUT2D eigenvalue weighted by atomic mass is 9.71. The number of hydrogen-bond donors (Lipinski definition) is 4. The predicted octanol–water partition coefficient (Wildman–Crippen LogP) is 4.14. The van der Waals surface area contributed by atoms with Crippen molar-refractivity contribution in [2.45, 2.75) is 83.2 Å². The first kappa shape index (κ1) is 22.0. The Morgan fingerprint density at radius 2 is 1.71 bits per heavy atom. The zero-order chi connectivity index (χ0) is 21.8. The average molecular weight is 427 g/mol. The fourth-order valence-electron chi connectivity index (χ4n) is 5.31. The van der Waals surface area contributed by atoms with E-state index in [1.807, 2.05) is 0 Å². The van der Waals surface area contributed by atoms with Crippen LogP contribution in [0.1, 0.15) is 76.7 Å². The number of rotatable bonds is 6. The third-order valence-corrected chi connectivity index (χ3v) is 7.59. The molecule has 1 aromatic rings. The molecule has 1 heterocycles. The van der Waals surface area contributed by atoms with Crippen molar-refractivity contribution in [3.05, 3.63) is 29.8 Å². The van der Waals surface area contributed by atoms with Crippen molar-refractivity contribution < 1.29 is 9.59 Å². The van der Waals surface area contributed by atoms with Gasteiger partial charge in [-0.15, -0.1) is 0 Å². The van der Waals surface area contributed by atoms with Gasteiger partial charge >= 0.3 is 6.03 Å². The molecule has 1 unspecified atom stereocenters. The number of benzene rings is 1. The van der Waals surface area contributed by atoms with E-state index in [-0.39, 0.29) is 11.9 Å². The first-order chi connectivity index (χ1) is 14.9. The van der Waals surface area contributed by atoms with E-state index in [1.54, 1.807) is 0 Å². The second kappa shape index (κ2) is 9.49. The molecule has 3 amide bonds. The monoisotopic (exact) mass is 426 g/mol. The van der Waals surface area contributed by atoms with Gasteiger partial charge in [0, 0.05) is 24.8 Å². The molecule has 2 saturated carbocycles. The van der Waals surface area contributed by atoms with Gasteiger partial charge in [-0.05, 0) is 86.3 Å². The molecule has 3 aliphatic rings. The molecule has 6 heteroatoms. The number of carbonyl (C=O) groups is 2. The van der Waals surface area contributed by atoms with E-state index in [1.165, 1.54) is 36.9 Å². The maximum Gasteiger partial charge on any atom is 0.315 e. The highest BCUT2D eigenvalue weighted by Crippen LogP contribution is 2.42. The van der Waals surface area contributed by atoms with Gasteiger partial charge in [0.05, 0.1) is 0 Å². The lowest BCUT2D eigenvalue weighted by Crippen LogP contribution is -2.45. The second-order valence-electron chi connectivity index (χ2n) is 10.6. The van der Waals surface area contributed by atoms with E-state index in [4.69, 9.17) is 0 Å². The Bertz CT molecular complexity index is 758. The highest BCUT2D eigenvalue weighted by molar-refractivity contribution is 5.90. The Kier molecular flexibility index (Phi) is 6.73. The van der Waals surface area contributed by atoms with Gasteiger partial charge in [0.1, 0.15) is 6.04 Å². The van der Waals surface area contributed by atoms with Gasteiger partial charge in [-0.3, -0.25) is 4.79 Å². The van der Waals surface area contributed by atoms with E-state index in [2.05, 4.69) is 59.4 Å². The topological polar surface area (TPSA) is 82.3 Å². The maximum absolute atomic E-state index is 12.1.